The highest BCUT2D eigenvalue weighted by Crippen LogP contribution is 2.30. The molecule has 132 valence electrons. The van der Waals surface area contributed by atoms with Gasteiger partial charge in [-0.15, -0.1) is 0 Å². The highest BCUT2D eigenvalue weighted by molar-refractivity contribution is 7.92. The minimum atomic E-state index is -3.39. The second-order valence-electron chi connectivity index (χ2n) is 6.38. The van der Waals surface area contributed by atoms with Gasteiger partial charge < -0.3 is 4.74 Å². The third-order valence-corrected chi connectivity index (χ3v) is 6.14. The van der Waals surface area contributed by atoms with Gasteiger partial charge in [-0.05, 0) is 48.6 Å². The number of sulfonamides is 1. The van der Waals surface area contributed by atoms with Crippen LogP contribution in [0.15, 0.2) is 53.9 Å². The molecule has 5 heteroatoms. The third kappa shape index (κ3) is 4.30. The Morgan fingerprint density at radius 1 is 1.08 bits per heavy atom. The van der Waals surface area contributed by atoms with E-state index >= 15 is 0 Å². The predicted octanol–water partition coefficient (Wildman–Crippen LogP) is 3.79. The zero-order chi connectivity index (χ0) is 17.9. The molecule has 0 spiro atoms. The molecule has 1 aliphatic heterocycles. The molecule has 0 unspecified atom stereocenters. The number of hydrogen-bond acceptors (Lipinski definition) is 3. The number of ether oxygens (including phenoxy) is 1. The fourth-order valence-corrected chi connectivity index (χ4v) is 4.28. The first-order valence-corrected chi connectivity index (χ1v) is 9.87. The van der Waals surface area contributed by atoms with Crippen molar-refractivity contribution in [2.45, 2.75) is 19.3 Å². The summed E-state index contributed by atoms with van der Waals surface area (Å²) in [6.45, 7) is 3.08. The summed E-state index contributed by atoms with van der Waals surface area (Å²) in [7, 11) is -1.76. The van der Waals surface area contributed by atoms with Crippen LogP contribution in [0.1, 0.15) is 29.0 Å². The fraction of sp³-hybridized carbons (Fsp3) is 0.300. The second kappa shape index (κ2) is 7.42. The molecule has 1 atom stereocenters. The van der Waals surface area contributed by atoms with Crippen LogP contribution >= 0.6 is 0 Å². The quantitative estimate of drug-likeness (QED) is 0.818. The fourth-order valence-electron chi connectivity index (χ4n) is 3.04. The Morgan fingerprint density at radius 2 is 1.76 bits per heavy atom. The normalized spacial score (nSPS) is 18.7. The van der Waals surface area contributed by atoms with E-state index in [1.807, 2.05) is 55.5 Å². The predicted molar refractivity (Wildman–Crippen MR) is 101 cm³/mol. The van der Waals surface area contributed by atoms with Crippen molar-refractivity contribution in [2.24, 2.45) is 0 Å². The summed E-state index contributed by atoms with van der Waals surface area (Å²) in [6, 6.07) is 15.7. The van der Waals surface area contributed by atoms with Crippen LogP contribution in [-0.2, 0) is 10.0 Å². The van der Waals surface area contributed by atoms with Crippen LogP contribution in [0.5, 0.6) is 5.75 Å². The van der Waals surface area contributed by atoms with Gasteiger partial charge in [0.15, 0.2) is 0 Å². The van der Waals surface area contributed by atoms with Crippen molar-refractivity contribution in [3.8, 4) is 5.75 Å². The molecular formula is C20H23NO3S. The lowest BCUT2D eigenvalue weighted by Gasteiger charge is -2.14. The smallest absolute Gasteiger partial charge is 0.236 e. The van der Waals surface area contributed by atoms with Crippen LogP contribution in [0, 0.1) is 6.92 Å². The number of nitrogens with zero attached hydrogens (tertiary/aromatic N) is 1. The summed E-state index contributed by atoms with van der Waals surface area (Å²) in [5.74, 6) is 1.04. The van der Waals surface area contributed by atoms with E-state index in [2.05, 4.69) is 0 Å². The first-order chi connectivity index (χ1) is 12.0. The van der Waals surface area contributed by atoms with E-state index in [0.717, 1.165) is 28.9 Å². The lowest BCUT2D eigenvalue weighted by molar-refractivity contribution is 0.414. The van der Waals surface area contributed by atoms with Crippen LogP contribution in [0.25, 0.3) is 6.08 Å². The summed E-state index contributed by atoms with van der Waals surface area (Å²) >= 11 is 0. The maximum Gasteiger partial charge on any atom is 0.236 e. The second-order valence-corrected chi connectivity index (χ2v) is 8.19. The number of benzene rings is 2. The van der Waals surface area contributed by atoms with E-state index in [4.69, 9.17) is 4.74 Å². The van der Waals surface area contributed by atoms with Crippen LogP contribution < -0.4 is 4.74 Å². The zero-order valence-electron chi connectivity index (χ0n) is 14.6. The molecule has 1 saturated heterocycles. The van der Waals surface area contributed by atoms with Gasteiger partial charge >= 0.3 is 0 Å². The Morgan fingerprint density at radius 3 is 2.40 bits per heavy atom. The van der Waals surface area contributed by atoms with Gasteiger partial charge in [0.1, 0.15) is 5.75 Å². The highest BCUT2D eigenvalue weighted by Gasteiger charge is 2.30. The topological polar surface area (TPSA) is 46.6 Å². The van der Waals surface area contributed by atoms with Gasteiger partial charge in [0, 0.05) is 18.5 Å². The first kappa shape index (κ1) is 17.7. The van der Waals surface area contributed by atoms with Crippen molar-refractivity contribution in [1.29, 1.82) is 0 Å². The minimum absolute atomic E-state index is 0.230. The molecule has 0 saturated carbocycles. The number of aryl methyl sites for hydroxylation is 1. The highest BCUT2D eigenvalue weighted by atomic mass is 32.2. The number of hydrogen-bond donors (Lipinski definition) is 0. The Labute approximate surface area is 149 Å². The SMILES string of the molecule is COc1ccc([C@@H]2CCN(S(=O)(=O)/C=C/c3ccc(C)cc3)C2)cc1. The molecule has 4 nitrogen and oxygen atoms in total. The standard InChI is InChI=1S/C20H23NO3S/c1-16-3-5-17(6-4-16)12-14-25(22,23)21-13-11-19(15-21)18-7-9-20(24-2)10-8-18/h3-10,12,14,19H,11,13,15H2,1-2H3/b14-12+/t19-/m1/s1. The molecule has 3 rings (SSSR count). The van der Waals surface area contributed by atoms with E-state index in [1.165, 1.54) is 5.41 Å². The number of methoxy groups -OCH3 is 1. The van der Waals surface area contributed by atoms with Gasteiger partial charge in [-0.3, -0.25) is 0 Å². The lowest BCUT2D eigenvalue weighted by atomic mass is 9.99. The maximum absolute atomic E-state index is 12.6. The van der Waals surface area contributed by atoms with Gasteiger partial charge in [-0.2, -0.15) is 4.31 Å². The average molecular weight is 357 g/mol. The van der Waals surface area contributed by atoms with Gasteiger partial charge in [0.2, 0.25) is 10.0 Å². The van der Waals surface area contributed by atoms with E-state index in [-0.39, 0.29) is 5.92 Å². The monoisotopic (exact) mass is 357 g/mol. The summed E-state index contributed by atoms with van der Waals surface area (Å²) in [6.07, 6.45) is 2.50. The Hall–Kier alpha value is -2.11. The Kier molecular flexibility index (Phi) is 5.25. The largest absolute Gasteiger partial charge is 0.497 e. The minimum Gasteiger partial charge on any atom is -0.497 e. The van der Waals surface area contributed by atoms with Gasteiger partial charge in [0.25, 0.3) is 0 Å². The Balaban J connectivity index is 1.68. The van der Waals surface area contributed by atoms with E-state index in [1.54, 1.807) is 17.5 Å². The summed E-state index contributed by atoms with van der Waals surface area (Å²) in [5.41, 5.74) is 3.20. The van der Waals surface area contributed by atoms with Crippen LogP contribution in [0.2, 0.25) is 0 Å². The van der Waals surface area contributed by atoms with Crippen molar-refractivity contribution in [3.05, 3.63) is 70.6 Å². The summed E-state index contributed by atoms with van der Waals surface area (Å²) in [5, 5.41) is 1.31. The summed E-state index contributed by atoms with van der Waals surface area (Å²) in [4.78, 5) is 0. The molecule has 0 N–H and O–H groups in total. The van der Waals surface area contributed by atoms with Crippen molar-refractivity contribution in [2.75, 3.05) is 20.2 Å². The van der Waals surface area contributed by atoms with Crippen molar-refractivity contribution < 1.29 is 13.2 Å². The molecule has 0 amide bonds. The molecule has 0 radical (unpaired) electrons. The molecular weight excluding hydrogens is 334 g/mol. The molecule has 0 aliphatic carbocycles. The molecule has 0 aromatic heterocycles. The summed E-state index contributed by atoms with van der Waals surface area (Å²) < 4.78 is 31.9. The molecule has 2 aromatic carbocycles. The van der Waals surface area contributed by atoms with E-state index in [0.29, 0.717) is 13.1 Å². The van der Waals surface area contributed by atoms with Crippen LogP contribution in [0.4, 0.5) is 0 Å². The average Bonchev–Trinajstić information content (AvgIpc) is 3.12. The van der Waals surface area contributed by atoms with Gasteiger partial charge in [0.05, 0.1) is 7.11 Å². The maximum atomic E-state index is 12.6. The third-order valence-electron chi connectivity index (χ3n) is 4.61. The van der Waals surface area contributed by atoms with Gasteiger partial charge in [-0.25, -0.2) is 8.42 Å². The van der Waals surface area contributed by atoms with Gasteiger partial charge in [-0.1, -0.05) is 42.0 Å². The zero-order valence-corrected chi connectivity index (χ0v) is 15.4. The molecule has 1 aliphatic rings. The van der Waals surface area contributed by atoms with E-state index in [9.17, 15) is 8.42 Å². The Bertz CT molecular complexity index is 840. The molecule has 25 heavy (non-hydrogen) atoms. The lowest BCUT2D eigenvalue weighted by Crippen LogP contribution is -2.26. The van der Waals surface area contributed by atoms with Crippen LogP contribution in [0.3, 0.4) is 0 Å². The molecule has 2 aromatic rings. The van der Waals surface area contributed by atoms with Crippen molar-refractivity contribution in [3.63, 3.8) is 0 Å². The molecule has 0 bridgehead atoms. The van der Waals surface area contributed by atoms with E-state index < -0.39 is 10.0 Å². The number of rotatable bonds is 5. The van der Waals surface area contributed by atoms with Crippen molar-refractivity contribution >= 4 is 16.1 Å². The van der Waals surface area contributed by atoms with Crippen molar-refractivity contribution in [1.82, 2.24) is 4.31 Å². The molecule has 1 fully saturated rings. The molecule has 1 heterocycles. The van der Waals surface area contributed by atoms with Crippen LogP contribution in [-0.4, -0.2) is 32.9 Å². The first-order valence-electron chi connectivity index (χ1n) is 8.37.